The topological polar surface area (TPSA) is 68.8 Å². The fraction of sp³-hybridized carbons (Fsp3) is 0.423. The van der Waals surface area contributed by atoms with Crippen LogP contribution in [0.1, 0.15) is 52.4 Å². The van der Waals surface area contributed by atoms with Crippen LogP contribution in [0.4, 0.5) is 0 Å². The molecule has 0 saturated carbocycles. The summed E-state index contributed by atoms with van der Waals surface area (Å²) in [6.45, 7) is 6.04. The van der Waals surface area contributed by atoms with Crippen LogP contribution in [0.15, 0.2) is 42.6 Å². The minimum Gasteiger partial charge on any atom is -0.496 e. The van der Waals surface area contributed by atoms with E-state index in [1.807, 2.05) is 18.3 Å². The second-order valence-corrected chi connectivity index (χ2v) is 9.13. The third kappa shape index (κ3) is 3.78. The molecule has 2 aliphatic rings. The van der Waals surface area contributed by atoms with E-state index >= 15 is 0 Å². The number of ether oxygens (including phenoxy) is 1. The predicted molar refractivity (Wildman–Crippen MR) is 125 cm³/mol. The zero-order valence-corrected chi connectivity index (χ0v) is 18.8. The standard InChI is InChI=1S/C26H31N3O3/c1-17-14-24(32-2)22(21-9-11-27-25(17)21)15-29-13-10-20-4-3-12-28(20)16-23(29)18-5-7-19(8-6-18)26(30)31/h5-9,11,14,20,23,27H,3-4,10,12-13,15-16H2,1-2H3,(H,30,31)/t20-,23?/m0/s1. The molecular weight excluding hydrogens is 402 g/mol. The monoisotopic (exact) mass is 433 g/mol. The first kappa shape index (κ1) is 21.0. The average molecular weight is 434 g/mol. The normalized spacial score (nSPS) is 22.1. The van der Waals surface area contributed by atoms with Gasteiger partial charge >= 0.3 is 5.97 Å². The molecule has 0 amide bonds. The second kappa shape index (κ2) is 8.60. The fourth-order valence-electron chi connectivity index (χ4n) is 5.61. The number of nitrogens with zero attached hydrogens (tertiary/aromatic N) is 2. The van der Waals surface area contributed by atoms with Gasteiger partial charge in [-0.3, -0.25) is 9.80 Å². The van der Waals surface area contributed by atoms with E-state index in [0.29, 0.717) is 11.6 Å². The highest BCUT2D eigenvalue weighted by Gasteiger charge is 2.34. The number of hydrogen-bond donors (Lipinski definition) is 2. The first-order valence-electron chi connectivity index (χ1n) is 11.5. The van der Waals surface area contributed by atoms with Gasteiger partial charge in [0.1, 0.15) is 5.75 Å². The Morgan fingerprint density at radius 1 is 1.19 bits per heavy atom. The number of aryl methyl sites for hydroxylation is 1. The molecule has 2 saturated heterocycles. The lowest BCUT2D eigenvalue weighted by atomic mass is 10.00. The number of aromatic nitrogens is 1. The van der Waals surface area contributed by atoms with Gasteiger partial charge < -0.3 is 14.8 Å². The number of hydrogen-bond acceptors (Lipinski definition) is 4. The maximum absolute atomic E-state index is 11.4. The molecule has 2 fully saturated rings. The van der Waals surface area contributed by atoms with Crippen LogP contribution in [0.3, 0.4) is 0 Å². The molecule has 0 spiro atoms. The molecular formula is C26H31N3O3. The summed E-state index contributed by atoms with van der Waals surface area (Å²) in [7, 11) is 1.75. The largest absolute Gasteiger partial charge is 0.496 e. The van der Waals surface area contributed by atoms with Crippen molar-refractivity contribution in [2.75, 3.05) is 26.7 Å². The molecule has 6 heteroatoms. The number of fused-ring (bicyclic) bond motifs is 2. The van der Waals surface area contributed by atoms with Crippen LogP contribution in [-0.2, 0) is 6.54 Å². The van der Waals surface area contributed by atoms with E-state index in [2.05, 4.69) is 33.8 Å². The molecule has 168 valence electrons. The molecule has 32 heavy (non-hydrogen) atoms. The van der Waals surface area contributed by atoms with Gasteiger partial charge in [0, 0.05) is 54.4 Å². The van der Waals surface area contributed by atoms with Crippen molar-refractivity contribution in [3.8, 4) is 5.75 Å². The Hall–Kier alpha value is -2.83. The molecule has 3 aromatic rings. The van der Waals surface area contributed by atoms with Crippen LogP contribution in [0, 0.1) is 6.92 Å². The van der Waals surface area contributed by atoms with Crippen molar-refractivity contribution in [2.45, 2.75) is 44.8 Å². The van der Waals surface area contributed by atoms with Gasteiger partial charge in [-0.1, -0.05) is 12.1 Å². The Morgan fingerprint density at radius 3 is 2.75 bits per heavy atom. The third-order valence-corrected chi connectivity index (χ3v) is 7.33. The van der Waals surface area contributed by atoms with Crippen LogP contribution in [0.25, 0.3) is 10.9 Å². The van der Waals surface area contributed by atoms with Crippen LogP contribution in [0.2, 0.25) is 0 Å². The third-order valence-electron chi connectivity index (χ3n) is 7.33. The van der Waals surface area contributed by atoms with E-state index < -0.39 is 5.97 Å². The summed E-state index contributed by atoms with van der Waals surface area (Å²) in [6, 6.07) is 12.6. The number of carboxylic acid groups (broad SMARTS) is 1. The van der Waals surface area contributed by atoms with Gasteiger partial charge in [-0.15, -0.1) is 0 Å². The van der Waals surface area contributed by atoms with E-state index in [9.17, 15) is 9.90 Å². The first-order chi connectivity index (χ1) is 15.5. The number of carboxylic acids is 1. The highest BCUT2D eigenvalue weighted by Crippen LogP contribution is 2.37. The summed E-state index contributed by atoms with van der Waals surface area (Å²) in [5.74, 6) is 0.0486. The summed E-state index contributed by atoms with van der Waals surface area (Å²) in [5, 5.41) is 10.5. The first-order valence-corrected chi connectivity index (χ1v) is 11.5. The smallest absolute Gasteiger partial charge is 0.335 e. The Labute approximate surface area is 188 Å². The molecule has 6 nitrogen and oxygen atoms in total. The highest BCUT2D eigenvalue weighted by molar-refractivity contribution is 5.88. The molecule has 0 aliphatic carbocycles. The molecule has 3 heterocycles. The summed E-state index contributed by atoms with van der Waals surface area (Å²) in [6.07, 6.45) is 5.70. The van der Waals surface area contributed by atoms with Crippen LogP contribution in [-0.4, -0.2) is 58.6 Å². The molecule has 0 radical (unpaired) electrons. The molecule has 5 rings (SSSR count). The lowest BCUT2D eigenvalue weighted by Crippen LogP contribution is -2.35. The molecule has 1 unspecified atom stereocenters. The maximum Gasteiger partial charge on any atom is 0.335 e. The average Bonchev–Trinajstić information content (AvgIpc) is 3.43. The Bertz CT molecular complexity index is 1120. The van der Waals surface area contributed by atoms with Crippen LogP contribution >= 0.6 is 0 Å². The number of carbonyl (C=O) groups is 1. The van der Waals surface area contributed by atoms with Crippen LogP contribution < -0.4 is 4.74 Å². The van der Waals surface area contributed by atoms with E-state index in [-0.39, 0.29) is 6.04 Å². The number of aromatic amines is 1. The lowest BCUT2D eigenvalue weighted by molar-refractivity contribution is 0.0697. The van der Waals surface area contributed by atoms with Gasteiger partial charge in [0.05, 0.1) is 12.7 Å². The van der Waals surface area contributed by atoms with Gasteiger partial charge in [-0.25, -0.2) is 4.79 Å². The Morgan fingerprint density at radius 2 is 2.00 bits per heavy atom. The lowest BCUT2D eigenvalue weighted by Gasteiger charge is -2.32. The van der Waals surface area contributed by atoms with Crippen molar-refractivity contribution in [3.63, 3.8) is 0 Å². The Balaban J connectivity index is 1.53. The van der Waals surface area contributed by atoms with E-state index in [4.69, 9.17) is 4.74 Å². The molecule has 2 aliphatic heterocycles. The summed E-state index contributed by atoms with van der Waals surface area (Å²) in [5.41, 5.74) is 5.08. The van der Waals surface area contributed by atoms with Crippen LogP contribution in [0.5, 0.6) is 5.75 Å². The van der Waals surface area contributed by atoms with Gasteiger partial charge in [0.2, 0.25) is 0 Å². The zero-order chi connectivity index (χ0) is 22.2. The number of H-pyrrole nitrogens is 1. The minimum atomic E-state index is -0.881. The summed E-state index contributed by atoms with van der Waals surface area (Å²) >= 11 is 0. The van der Waals surface area contributed by atoms with Crippen molar-refractivity contribution in [3.05, 3.63) is 64.8 Å². The van der Waals surface area contributed by atoms with E-state index in [0.717, 1.165) is 38.3 Å². The molecule has 0 bridgehead atoms. The summed E-state index contributed by atoms with van der Waals surface area (Å²) < 4.78 is 5.82. The van der Waals surface area contributed by atoms with Crippen molar-refractivity contribution < 1.29 is 14.6 Å². The van der Waals surface area contributed by atoms with Gasteiger partial charge in [-0.2, -0.15) is 0 Å². The van der Waals surface area contributed by atoms with Gasteiger partial charge in [0.25, 0.3) is 0 Å². The zero-order valence-electron chi connectivity index (χ0n) is 18.8. The van der Waals surface area contributed by atoms with E-state index in [1.165, 1.54) is 40.4 Å². The number of aromatic carboxylic acids is 1. The van der Waals surface area contributed by atoms with Crippen molar-refractivity contribution in [1.82, 2.24) is 14.8 Å². The van der Waals surface area contributed by atoms with Crippen molar-refractivity contribution in [1.29, 1.82) is 0 Å². The minimum absolute atomic E-state index is 0.209. The predicted octanol–water partition coefficient (Wildman–Crippen LogP) is 4.59. The number of rotatable bonds is 5. The number of methoxy groups -OCH3 is 1. The number of benzene rings is 2. The fourth-order valence-corrected chi connectivity index (χ4v) is 5.61. The number of nitrogens with one attached hydrogen (secondary N) is 1. The van der Waals surface area contributed by atoms with Crippen molar-refractivity contribution >= 4 is 16.9 Å². The molecule has 2 N–H and O–H groups in total. The maximum atomic E-state index is 11.4. The van der Waals surface area contributed by atoms with Crippen molar-refractivity contribution in [2.24, 2.45) is 0 Å². The van der Waals surface area contributed by atoms with Gasteiger partial charge in [-0.05, 0) is 68.1 Å². The SMILES string of the molecule is COc1cc(C)c2[nH]ccc2c1CN1CC[C@@H]2CCCN2CC1c1ccc(C(=O)O)cc1. The highest BCUT2D eigenvalue weighted by atomic mass is 16.5. The molecule has 1 aromatic heterocycles. The van der Waals surface area contributed by atoms with E-state index in [1.54, 1.807) is 19.2 Å². The molecule has 2 atom stereocenters. The molecule has 2 aromatic carbocycles. The Kier molecular flexibility index (Phi) is 5.66. The van der Waals surface area contributed by atoms with Gasteiger partial charge in [0.15, 0.2) is 0 Å². The second-order valence-electron chi connectivity index (χ2n) is 9.13. The summed E-state index contributed by atoms with van der Waals surface area (Å²) in [4.78, 5) is 19.9. The quantitative estimate of drug-likeness (QED) is 0.616.